The Morgan fingerprint density at radius 1 is 1.03 bits per heavy atom. The second-order valence-corrected chi connectivity index (χ2v) is 11.3. The van der Waals surface area contributed by atoms with Gasteiger partial charge in [-0.3, -0.25) is 18.7 Å². The molecule has 1 saturated carbocycles. The Balaban J connectivity index is 1.36. The lowest BCUT2D eigenvalue weighted by molar-refractivity contribution is -0.121. The predicted octanol–water partition coefficient (Wildman–Crippen LogP) is 4.40. The summed E-state index contributed by atoms with van der Waals surface area (Å²) in [7, 11) is 0. The summed E-state index contributed by atoms with van der Waals surface area (Å²) in [5.41, 5.74) is -0.475. The first kappa shape index (κ1) is 25.9. The number of carbonyl (C=O) groups excluding carboxylic acids is 1. The Bertz CT molecular complexity index is 1450. The van der Waals surface area contributed by atoms with Crippen LogP contribution in [0.25, 0.3) is 11.0 Å². The van der Waals surface area contributed by atoms with E-state index in [4.69, 9.17) is 11.6 Å². The van der Waals surface area contributed by atoms with Crippen molar-refractivity contribution < 1.29 is 13.6 Å². The molecule has 0 unspecified atom stereocenters. The minimum Gasteiger partial charge on any atom is -0.353 e. The fourth-order valence-corrected chi connectivity index (χ4v) is 6.68. The molecule has 7 nitrogen and oxygen atoms in total. The lowest BCUT2D eigenvalue weighted by Gasteiger charge is -2.31. The van der Waals surface area contributed by atoms with Gasteiger partial charge in [-0.25, -0.2) is 18.6 Å². The maximum atomic E-state index is 14.1. The molecule has 37 heavy (non-hydrogen) atoms. The minimum absolute atomic E-state index is 0.0939. The number of halogens is 3. The minimum atomic E-state index is -0.622. The molecular weight excluding hydrogens is 522 g/mol. The van der Waals surface area contributed by atoms with E-state index >= 15 is 0 Å². The van der Waals surface area contributed by atoms with Crippen molar-refractivity contribution in [3.05, 3.63) is 73.5 Å². The van der Waals surface area contributed by atoms with E-state index < -0.39 is 22.9 Å². The zero-order chi connectivity index (χ0) is 26.1. The molecule has 3 aromatic rings. The summed E-state index contributed by atoms with van der Waals surface area (Å²) in [5.74, 6) is 0.387. The highest BCUT2D eigenvalue weighted by Crippen LogP contribution is 2.30. The van der Waals surface area contributed by atoms with E-state index in [0.717, 1.165) is 36.6 Å². The van der Waals surface area contributed by atoms with Crippen LogP contribution in [0.3, 0.4) is 0 Å². The first-order valence-corrected chi connectivity index (χ1v) is 14.0. The number of hydrogen-bond acceptors (Lipinski definition) is 5. The van der Waals surface area contributed by atoms with E-state index in [2.05, 4.69) is 10.3 Å². The molecule has 0 bridgehead atoms. The van der Waals surface area contributed by atoms with Crippen molar-refractivity contribution >= 4 is 40.3 Å². The van der Waals surface area contributed by atoms with Crippen LogP contribution >= 0.6 is 23.4 Å². The molecule has 3 heterocycles. The van der Waals surface area contributed by atoms with Crippen molar-refractivity contribution in [3.8, 4) is 0 Å². The van der Waals surface area contributed by atoms with Crippen molar-refractivity contribution in [1.82, 2.24) is 19.4 Å². The second-order valence-electron chi connectivity index (χ2n) is 9.68. The Morgan fingerprint density at radius 3 is 2.46 bits per heavy atom. The van der Waals surface area contributed by atoms with Crippen LogP contribution in [0.1, 0.15) is 56.2 Å². The van der Waals surface area contributed by atoms with Crippen LogP contribution in [-0.2, 0) is 11.2 Å². The van der Waals surface area contributed by atoms with Crippen molar-refractivity contribution in [2.24, 2.45) is 0 Å². The van der Waals surface area contributed by atoms with E-state index in [0.29, 0.717) is 30.7 Å². The second kappa shape index (κ2) is 10.9. The quantitative estimate of drug-likeness (QED) is 0.511. The molecule has 1 aliphatic heterocycles. The number of fused-ring (bicyclic) bond motifs is 1. The van der Waals surface area contributed by atoms with Crippen molar-refractivity contribution in [1.29, 1.82) is 0 Å². The molecule has 196 valence electrons. The molecule has 2 aromatic heterocycles. The summed E-state index contributed by atoms with van der Waals surface area (Å²) >= 11 is 7.74. The van der Waals surface area contributed by atoms with Crippen LogP contribution in [0, 0.1) is 11.6 Å². The van der Waals surface area contributed by atoms with Gasteiger partial charge in [0.1, 0.15) is 17.3 Å². The van der Waals surface area contributed by atoms with Crippen LogP contribution in [0.2, 0.25) is 5.02 Å². The highest BCUT2D eigenvalue weighted by atomic mass is 35.5. The summed E-state index contributed by atoms with van der Waals surface area (Å²) in [4.78, 5) is 43.7. The highest BCUT2D eigenvalue weighted by molar-refractivity contribution is 7.99. The molecule has 2 aliphatic rings. The standard InChI is InChI=1S/C26H27ClF2N4O3S/c27-16-1-6-22(29)15(11-16)12-23(34)31-18-2-4-19(5-3-18)33-25(35)21-13-17(28)14-30-24(21)32(26(33)36)20-7-9-37-10-8-20/h1,6,11,13-14,18-20H,2-5,7-10,12H2,(H,31,34)/t18-,19+. The van der Waals surface area contributed by atoms with Gasteiger partial charge in [0.15, 0.2) is 0 Å². The molecule has 5 rings (SSSR count). The zero-order valence-electron chi connectivity index (χ0n) is 20.1. The number of nitrogens with one attached hydrogen (secondary N) is 1. The largest absolute Gasteiger partial charge is 0.353 e. The Morgan fingerprint density at radius 2 is 1.73 bits per heavy atom. The van der Waals surface area contributed by atoms with Gasteiger partial charge in [-0.15, -0.1) is 0 Å². The molecule has 0 atom stereocenters. The fraction of sp³-hybridized carbons (Fsp3) is 0.462. The Kier molecular flexibility index (Phi) is 7.67. The van der Waals surface area contributed by atoms with Gasteiger partial charge in [-0.1, -0.05) is 11.6 Å². The van der Waals surface area contributed by atoms with Gasteiger partial charge >= 0.3 is 5.69 Å². The average Bonchev–Trinajstić information content (AvgIpc) is 2.88. The molecule has 1 amide bonds. The van der Waals surface area contributed by atoms with E-state index in [1.807, 2.05) is 11.8 Å². The number of amides is 1. The molecule has 2 fully saturated rings. The van der Waals surface area contributed by atoms with Gasteiger partial charge in [0.25, 0.3) is 5.56 Å². The van der Waals surface area contributed by atoms with Crippen LogP contribution in [0.4, 0.5) is 8.78 Å². The summed E-state index contributed by atoms with van der Waals surface area (Å²) < 4.78 is 30.9. The monoisotopic (exact) mass is 548 g/mol. The number of thioether (sulfide) groups is 1. The van der Waals surface area contributed by atoms with Gasteiger partial charge in [-0.2, -0.15) is 11.8 Å². The highest BCUT2D eigenvalue weighted by Gasteiger charge is 2.29. The number of aromatic nitrogens is 3. The van der Waals surface area contributed by atoms with Gasteiger partial charge in [0, 0.05) is 23.1 Å². The molecule has 1 N–H and O–H groups in total. The lowest BCUT2D eigenvalue weighted by atomic mass is 9.90. The Labute approximate surface area is 221 Å². The van der Waals surface area contributed by atoms with Crippen molar-refractivity contribution in [3.63, 3.8) is 0 Å². The number of rotatable bonds is 5. The third-order valence-corrected chi connectivity index (χ3v) is 8.55. The number of nitrogens with zero attached hydrogens (tertiary/aromatic N) is 3. The SMILES string of the molecule is O=C(Cc1cc(Cl)ccc1F)N[C@H]1CC[C@@H](n2c(=O)c3cc(F)cnc3n(C3CCSCC3)c2=O)CC1. The third-order valence-electron chi connectivity index (χ3n) is 7.26. The van der Waals surface area contributed by atoms with Crippen molar-refractivity contribution in [2.75, 3.05) is 11.5 Å². The Hall–Kier alpha value is -2.72. The zero-order valence-corrected chi connectivity index (χ0v) is 21.7. The maximum absolute atomic E-state index is 14.1. The topological polar surface area (TPSA) is 86.0 Å². The third kappa shape index (κ3) is 5.45. The number of benzene rings is 1. The lowest BCUT2D eigenvalue weighted by Crippen LogP contribution is -2.46. The smallest absolute Gasteiger partial charge is 0.333 e. The first-order valence-electron chi connectivity index (χ1n) is 12.4. The number of pyridine rings is 1. The fourth-order valence-electron chi connectivity index (χ4n) is 5.41. The van der Waals surface area contributed by atoms with Crippen molar-refractivity contribution in [2.45, 2.75) is 63.1 Å². The summed E-state index contributed by atoms with van der Waals surface area (Å²) in [6.07, 6.45) is 4.59. The van der Waals surface area contributed by atoms with Crippen LogP contribution < -0.4 is 16.6 Å². The van der Waals surface area contributed by atoms with Crippen LogP contribution in [0.5, 0.6) is 0 Å². The molecule has 11 heteroatoms. The van der Waals surface area contributed by atoms with Crippen LogP contribution in [0.15, 0.2) is 40.1 Å². The van der Waals surface area contributed by atoms with Gasteiger partial charge < -0.3 is 5.32 Å². The summed E-state index contributed by atoms with van der Waals surface area (Å²) in [6, 6.07) is 4.65. The van der Waals surface area contributed by atoms with Crippen LogP contribution in [-0.4, -0.2) is 37.6 Å². The predicted molar refractivity (Wildman–Crippen MR) is 140 cm³/mol. The first-order chi connectivity index (χ1) is 17.8. The molecule has 0 radical (unpaired) electrons. The molecule has 1 saturated heterocycles. The summed E-state index contributed by atoms with van der Waals surface area (Å²) in [6.45, 7) is 0. The number of carbonyl (C=O) groups is 1. The van der Waals surface area contributed by atoms with E-state index in [1.165, 1.54) is 22.8 Å². The van der Waals surface area contributed by atoms with E-state index in [9.17, 15) is 23.2 Å². The average molecular weight is 549 g/mol. The van der Waals surface area contributed by atoms with E-state index in [1.54, 1.807) is 4.57 Å². The van der Waals surface area contributed by atoms with E-state index in [-0.39, 0.29) is 47.1 Å². The maximum Gasteiger partial charge on any atom is 0.333 e. The van der Waals surface area contributed by atoms with Gasteiger partial charge in [0.05, 0.1) is 18.0 Å². The normalized spacial score (nSPS) is 20.7. The molecule has 1 aliphatic carbocycles. The number of hydrogen-bond donors (Lipinski definition) is 1. The molecule has 0 spiro atoms. The van der Waals surface area contributed by atoms with Gasteiger partial charge in [0.2, 0.25) is 5.91 Å². The van der Waals surface area contributed by atoms with Gasteiger partial charge in [-0.05, 0) is 79.9 Å². The molecular formula is C26H27ClF2N4O3S. The molecule has 1 aromatic carbocycles. The summed E-state index contributed by atoms with van der Waals surface area (Å²) in [5, 5.41) is 3.40.